The maximum Gasteiger partial charge on any atom is 0.293 e. The molecule has 3 aliphatic rings. The van der Waals surface area contributed by atoms with Gasteiger partial charge >= 0.3 is 0 Å². The Labute approximate surface area is 183 Å². The Morgan fingerprint density at radius 2 is 2.06 bits per heavy atom. The average Bonchev–Trinajstić information content (AvgIpc) is 3.38. The Bertz CT molecular complexity index is 975. The molecule has 0 spiro atoms. The fourth-order valence-corrected chi connectivity index (χ4v) is 4.89. The fourth-order valence-electron chi connectivity index (χ4n) is 4.89. The van der Waals surface area contributed by atoms with Crippen LogP contribution in [0.15, 0.2) is 12.1 Å². The molecular weight excluding hydrogens is 394 g/mol. The maximum atomic E-state index is 11.1. The van der Waals surface area contributed by atoms with Crippen molar-refractivity contribution in [1.82, 2.24) is 9.88 Å². The van der Waals surface area contributed by atoms with Gasteiger partial charge < -0.3 is 24.4 Å². The minimum Gasteiger partial charge on any atom is -0.493 e. The fraction of sp³-hybridized carbons (Fsp3) is 0.583. The molecular formula is C24H31N3O4. The van der Waals surface area contributed by atoms with E-state index in [9.17, 15) is 4.79 Å². The van der Waals surface area contributed by atoms with Crippen molar-refractivity contribution < 1.29 is 19.0 Å². The number of benzene rings is 1. The number of aryl methyl sites for hydroxylation is 1. The molecule has 0 bridgehead atoms. The van der Waals surface area contributed by atoms with Crippen molar-refractivity contribution >= 4 is 23.1 Å². The maximum absolute atomic E-state index is 11.1. The number of aromatic nitrogens is 1. The van der Waals surface area contributed by atoms with Gasteiger partial charge in [0, 0.05) is 36.0 Å². The first kappa shape index (κ1) is 20.4. The van der Waals surface area contributed by atoms with Gasteiger partial charge in [0.2, 0.25) is 0 Å². The molecule has 1 aromatic carbocycles. The predicted octanol–water partition coefficient (Wildman–Crippen LogP) is 3.56. The summed E-state index contributed by atoms with van der Waals surface area (Å²) in [6.07, 6.45) is 5.02. The van der Waals surface area contributed by atoms with E-state index in [0.29, 0.717) is 24.7 Å². The van der Waals surface area contributed by atoms with E-state index in [0.717, 1.165) is 78.4 Å². The molecule has 2 fully saturated rings. The summed E-state index contributed by atoms with van der Waals surface area (Å²) in [5, 5.41) is 4.64. The van der Waals surface area contributed by atoms with Gasteiger partial charge in [0.25, 0.3) is 6.47 Å². The molecule has 5 rings (SSSR count). The Morgan fingerprint density at radius 3 is 2.77 bits per heavy atom. The smallest absolute Gasteiger partial charge is 0.293 e. The second-order valence-corrected chi connectivity index (χ2v) is 9.18. The van der Waals surface area contributed by atoms with Crippen LogP contribution in [0.1, 0.15) is 43.0 Å². The highest BCUT2D eigenvalue weighted by Crippen LogP contribution is 2.44. The topological polar surface area (TPSA) is 72.9 Å². The lowest BCUT2D eigenvalue weighted by molar-refractivity contribution is -0.133. The first-order chi connectivity index (χ1) is 15.2. The van der Waals surface area contributed by atoms with Gasteiger partial charge in [-0.1, -0.05) is 0 Å². The third kappa shape index (κ3) is 4.15. The molecule has 1 N–H and O–H groups in total. The third-order valence-corrected chi connectivity index (χ3v) is 6.80. The van der Waals surface area contributed by atoms with Gasteiger partial charge in [-0.15, -0.1) is 0 Å². The molecule has 31 heavy (non-hydrogen) atoms. The molecule has 1 aliphatic heterocycles. The Morgan fingerprint density at radius 1 is 1.19 bits per heavy atom. The lowest BCUT2D eigenvalue weighted by Crippen LogP contribution is -2.18. The van der Waals surface area contributed by atoms with E-state index in [4.69, 9.17) is 19.2 Å². The number of ether oxygens (including phenoxy) is 3. The lowest BCUT2D eigenvalue weighted by Gasteiger charge is -2.20. The van der Waals surface area contributed by atoms with Gasteiger partial charge in [-0.05, 0) is 57.7 Å². The summed E-state index contributed by atoms with van der Waals surface area (Å²) < 4.78 is 17.3. The quantitative estimate of drug-likeness (QED) is 0.616. The molecule has 1 aromatic heterocycles. The number of carbonyl (C=O) groups excluding carboxylic acids is 1. The molecule has 0 radical (unpaired) electrons. The van der Waals surface area contributed by atoms with Crippen LogP contribution in [0.2, 0.25) is 0 Å². The molecule has 166 valence electrons. The standard InChI is InChI=1S/C24H31N3O4/c1-27-8-7-16(12-27)13-30-22-10-19-17(9-21(22)29-2)24(25-11-15-3-4-15)23-18(26-19)5-6-20(23)31-14-28/h9-10,14-16,20H,3-8,11-13H2,1-2H3,(H,25,26). The van der Waals surface area contributed by atoms with E-state index in [2.05, 4.69) is 17.3 Å². The Hall–Kier alpha value is -2.54. The van der Waals surface area contributed by atoms with Crippen molar-refractivity contribution in [2.45, 2.75) is 38.2 Å². The molecule has 2 atom stereocenters. The highest BCUT2D eigenvalue weighted by atomic mass is 16.5. The van der Waals surface area contributed by atoms with E-state index in [1.807, 2.05) is 12.1 Å². The van der Waals surface area contributed by atoms with Crippen LogP contribution in [0, 0.1) is 11.8 Å². The van der Waals surface area contributed by atoms with Crippen molar-refractivity contribution in [2.24, 2.45) is 11.8 Å². The first-order valence-electron chi connectivity index (χ1n) is 11.3. The first-order valence-corrected chi connectivity index (χ1v) is 11.3. The summed E-state index contributed by atoms with van der Waals surface area (Å²) in [6, 6.07) is 4.02. The zero-order chi connectivity index (χ0) is 21.4. The van der Waals surface area contributed by atoms with Crippen LogP contribution in [0.25, 0.3) is 10.9 Å². The monoisotopic (exact) mass is 425 g/mol. The zero-order valence-electron chi connectivity index (χ0n) is 18.4. The van der Waals surface area contributed by atoms with Crippen LogP contribution in [-0.4, -0.2) is 56.8 Å². The minimum absolute atomic E-state index is 0.243. The predicted molar refractivity (Wildman–Crippen MR) is 119 cm³/mol. The van der Waals surface area contributed by atoms with Gasteiger partial charge in [0.15, 0.2) is 11.5 Å². The summed E-state index contributed by atoms with van der Waals surface area (Å²) in [5.41, 5.74) is 3.94. The third-order valence-electron chi connectivity index (χ3n) is 6.80. The molecule has 1 saturated carbocycles. The van der Waals surface area contributed by atoms with Gasteiger partial charge in [0.1, 0.15) is 6.10 Å². The summed E-state index contributed by atoms with van der Waals surface area (Å²) in [5.74, 6) is 2.71. The number of rotatable bonds is 9. The minimum atomic E-state index is -0.243. The highest BCUT2D eigenvalue weighted by molar-refractivity contribution is 5.96. The Kier molecular flexibility index (Phi) is 5.61. The van der Waals surface area contributed by atoms with Crippen LogP contribution in [0.5, 0.6) is 11.5 Å². The van der Waals surface area contributed by atoms with E-state index in [-0.39, 0.29) is 6.10 Å². The number of pyridine rings is 1. The lowest BCUT2D eigenvalue weighted by atomic mass is 10.0. The van der Waals surface area contributed by atoms with Crippen molar-refractivity contribution in [1.29, 1.82) is 0 Å². The van der Waals surface area contributed by atoms with Crippen molar-refractivity contribution in [3.05, 3.63) is 23.4 Å². The number of carbonyl (C=O) groups is 1. The molecule has 1 saturated heterocycles. The molecule has 7 nitrogen and oxygen atoms in total. The van der Waals surface area contributed by atoms with Crippen molar-refractivity contribution in [3.63, 3.8) is 0 Å². The van der Waals surface area contributed by atoms with Crippen LogP contribution >= 0.6 is 0 Å². The van der Waals surface area contributed by atoms with E-state index in [1.165, 1.54) is 12.8 Å². The summed E-state index contributed by atoms with van der Waals surface area (Å²) >= 11 is 0. The number of nitrogens with one attached hydrogen (secondary N) is 1. The Balaban J connectivity index is 1.51. The number of hydrogen-bond donors (Lipinski definition) is 1. The van der Waals surface area contributed by atoms with Gasteiger partial charge in [-0.2, -0.15) is 0 Å². The molecule has 2 aromatic rings. The van der Waals surface area contributed by atoms with E-state index in [1.54, 1.807) is 7.11 Å². The van der Waals surface area contributed by atoms with Crippen LogP contribution in [0.3, 0.4) is 0 Å². The van der Waals surface area contributed by atoms with Gasteiger partial charge in [-0.3, -0.25) is 9.78 Å². The second kappa shape index (κ2) is 8.54. The largest absolute Gasteiger partial charge is 0.493 e. The van der Waals surface area contributed by atoms with Gasteiger partial charge in [0.05, 0.1) is 30.6 Å². The molecule has 7 heteroatoms. The van der Waals surface area contributed by atoms with Crippen LogP contribution in [-0.2, 0) is 16.0 Å². The number of hydrogen-bond acceptors (Lipinski definition) is 7. The SMILES string of the molecule is COc1cc2c(NCC3CC3)c3c(nc2cc1OCC1CCN(C)C1)CCC3OC=O. The van der Waals surface area contributed by atoms with E-state index < -0.39 is 0 Å². The molecule has 0 amide bonds. The van der Waals surface area contributed by atoms with Crippen molar-refractivity contribution in [3.8, 4) is 11.5 Å². The summed E-state index contributed by atoms with van der Waals surface area (Å²) in [6.45, 7) is 4.34. The normalized spacial score (nSPS) is 23.0. The average molecular weight is 426 g/mol. The van der Waals surface area contributed by atoms with Crippen LogP contribution < -0.4 is 14.8 Å². The zero-order valence-corrected chi connectivity index (χ0v) is 18.4. The van der Waals surface area contributed by atoms with Gasteiger partial charge in [-0.25, -0.2) is 0 Å². The second-order valence-electron chi connectivity index (χ2n) is 9.18. The number of fused-ring (bicyclic) bond motifs is 2. The van der Waals surface area contributed by atoms with E-state index >= 15 is 0 Å². The number of nitrogens with zero attached hydrogens (tertiary/aromatic N) is 2. The summed E-state index contributed by atoms with van der Waals surface area (Å²) in [4.78, 5) is 18.3. The molecule has 2 heterocycles. The molecule has 2 aliphatic carbocycles. The molecule has 2 unspecified atom stereocenters. The number of anilines is 1. The number of likely N-dealkylation sites (tertiary alicyclic amines) is 1. The summed E-state index contributed by atoms with van der Waals surface area (Å²) in [7, 11) is 3.83. The van der Waals surface area contributed by atoms with Crippen molar-refractivity contribution in [2.75, 3.05) is 45.7 Å². The number of methoxy groups -OCH3 is 1. The highest BCUT2D eigenvalue weighted by Gasteiger charge is 2.31. The van der Waals surface area contributed by atoms with Crippen LogP contribution in [0.4, 0.5) is 5.69 Å².